The van der Waals surface area contributed by atoms with Crippen LogP contribution in [-0.4, -0.2) is 48.7 Å². The molecule has 1 heterocycles. The molecule has 0 aliphatic carbocycles. The van der Waals surface area contributed by atoms with E-state index in [1.165, 1.54) is 5.69 Å². The van der Waals surface area contributed by atoms with Crippen LogP contribution < -0.4 is 4.90 Å². The number of carbonyl (C=O) groups is 1. The van der Waals surface area contributed by atoms with Gasteiger partial charge in [0.15, 0.2) is 0 Å². The Bertz CT molecular complexity index is 403. The van der Waals surface area contributed by atoms with Crippen LogP contribution in [0, 0.1) is 0 Å². The van der Waals surface area contributed by atoms with Gasteiger partial charge in [-0.15, -0.1) is 0 Å². The molecular weight excluding hydrogens is 284 g/mol. The first-order valence-electron chi connectivity index (χ1n) is 5.60. The zero-order valence-electron chi connectivity index (χ0n) is 9.47. The maximum Gasteiger partial charge on any atom is 0.317 e. The molecule has 17 heavy (non-hydrogen) atoms. The van der Waals surface area contributed by atoms with Gasteiger partial charge in [-0.2, -0.15) is 0 Å². The summed E-state index contributed by atoms with van der Waals surface area (Å²) in [4.78, 5) is 14.9. The van der Waals surface area contributed by atoms with Crippen molar-refractivity contribution < 1.29 is 9.90 Å². The molecule has 1 aliphatic heterocycles. The van der Waals surface area contributed by atoms with E-state index in [1.807, 2.05) is 17.0 Å². The van der Waals surface area contributed by atoms with Gasteiger partial charge in [-0.25, -0.2) is 0 Å². The van der Waals surface area contributed by atoms with E-state index < -0.39 is 5.97 Å². The number of piperazine rings is 1. The molecule has 0 aromatic heterocycles. The van der Waals surface area contributed by atoms with Crippen molar-refractivity contribution in [2.24, 2.45) is 0 Å². The van der Waals surface area contributed by atoms with E-state index >= 15 is 0 Å². The van der Waals surface area contributed by atoms with Gasteiger partial charge >= 0.3 is 5.97 Å². The lowest BCUT2D eigenvalue weighted by Gasteiger charge is -2.35. The Morgan fingerprint density at radius 2 is 2.00 bits per heavy atom. The lowest BCUT2D eigenvalue weighted by molar-refractivity contribution is -0.138. The molecule has 4 nitrogen and oxygen atoms in total. The number of rotatable bonds is 3. The van der Waals surface area contributed by atoms with E-state index in [9.17, 15) is 4.79 Å². The average Bonchev–Trinajstić information content (AvgIpc) is 2.29. The molecule has 1 aliphatic rings. The van der Waals surface area contributed by atoms with Crippen LogP contribution in [0.5, 0.6) is 0 Å². The van der Waals surface area contributed by atoms with Crippen molar-refractivity contribution in [2.45, 2.75) is 0 Å². The molecule has 0 amide bonds. The van der Waals surface area contributed by atoms with E-state index in [0.29, 0.717) is 0 Å². The number of halogens is 1. The van der Waals surface area contributed by atoms with Gasteiger partial charge in [0.05, 0.1) is 6.54 Å². The van der Waals surface area contributed by atoms with Gasteiger partial charge in [-0.3, -0.25) is 9.69 Å². The highest BCUT2D eigenvalue weighted by Gasteiger charge is 2.18. The summed E-state index contributed by atoms with van der Waals surface area (Å²) in [7, 11) is 0. The van der Waals surface area contributed by atoms with Crippen LogP contribution in [0.3, 0.4) is 0 Å². The minimum absolute atomic E-state index is 0.145. The van der Waals surface area contributed by atoms with Crippen molar-refractivity contribution in [3.63, 3.8) is 0 Å². The second-order valence-electron chi connectivity index (χ2n) is 4.14. The first kappa shape index (κ1) is 12.4. The summed E-state index contributed by atoms with van der Waals surface area (Å²) < 4.78 is 1.07. The third kappa shape index (κ3) is 3.44. The maximum atomic E-state index is 10.6. The normalized spacial score (nSPS) is 17.1. The van der Waals surface area contributed by atoms with E-state index in [1.54, 1.807) is 0 Å². The monoisotopic (exact) mass is 298 g/mol. The van der Waals surface area contributed by atoms with Gasteiger partial charge in [0.2, 0.25) is 0 Å². The number of carboxylic acid groups (broad SMARTS) is 1. The zero-order chi connectivity index (χ0) is 12.3. The molecule has 1 N–H and O–H groups in total. The molecule has 0 bridgehead atoms. The summed E-state index contributed by atoms with van der Waals surface area (Å²) in [6, 6.07) is 8.19. The Kier molecular flexibility index (Phi) is 4.02. The molecule has 0 radical (unpaired) electrons. The molecule has 1 aromatic carbocycles. The summed E-state index contributed by atoms with van der Waals surface area (Å²) in [5.41, 5.74) is 1.19. The summed E-state index contributed by atoms with van der Waals surface area (Å²) in [6.07, 6.45) is 0. The number of aliphatic carboxylic acids is 1. The molecular formula is C12H15BrN2O2. The molecule has 0 atom stereocenters. The fourth-order valence-corrected chi connectivity index (χ4v) is 2.42. The minimum atomic E-state index is -0.749. The van der Waals surface area contributed by atoms with Crippen molar-refractivity contribution in [1.29, 1.82) is 0 Å². The molecule has 92 valence electrons. The van der Waals surface area contributed by atoms with Gasteiger partial charge in [0.1, 0.15) is 0 Å². The topological polar surface area (TPSA) is 43.8 Å². The fourth-order valence-electron chi connectivity index (χ4n) is 2.03. The van der Waals surface area contributed by atoms with Crippen molar-refractivity contribution in [3.05, 3.63) is 28.7 Å². The number of nitrogens with zero attached hydrogens (tertiary/aromatic N) is 2. The van der Waals surface area contributed by atoms with E-state index in [0.717, 1.165) is 30.7 Å². The standard InChI is InChI=1S/C12H15BrN2O2/c13-10-2-1-3-11(8-10)15-6-4-14(5-7-15)9-12(16)17/h1-3,8H,4-7,9H2,(H,16,17). The zero-order valence-corrected chi connectivity index (χ0v) is 11.1. The molecule has 2 rings (SSSR count). The second-order valence-corrected chi connectivity index (χ2v) is 5.05. The van der Waals surface area contributed by atoms with Gasteiger partial charge in [0.25, 0.3) is 0 Å². The largest absolute Gasteiger partial charge is 0.480 e. The van der Waals surface area contributed by atoms with Gasteiger partial charge in [-0.05, 0) is 18.2 Å². The Labute approximate surface area is 109 Å². The molecule has 1 aromatic rings. The van der Waals surface area contributed by atoms with Crippen LogP contribution in [0.1, 0.15) is 0 Å². The highest BCUT2D eigenvalue weighted by atomic mass is 79.9. The predicted molar refractivity (Wildman–Crippen MR) is 70.4 cm³/mol. The highest BCUT2D eigenvalue weighted by Crippen LogP contribution is 2.20. The van der Waals surface area contributed by atoms with Gasteiger partial charge in [0, 0.05) is 36.3 Å². The number of carboxylic acids is 1. The molecule has 0 spiro atoms. The Hall–Kier alpha value is -1.07. The summed E-state index contributed by atoms with van der Waals surface area (Å²) in [5.74, 6) is -0.749. The van der Waals surface area contributed by atoms with Crippen molar-refractivity contribution in [3.8, 4) is 0 Å². The molecule has 1 saturated heterocycles. The lowest BCUT2D eigenvalue weighted by Crippen LogP contribution is -2.47. The van der Waals surface area contributed by atoms with Crippen LogP contribution in [0.25, 0.3) is 0 Å². The minimum Gasteiger partial charge on any atom is -0.480 e. The molecule has 0 unspecified atom stereocenters. The first-order valence-corrected chi connectivity index (χ1v) is 6.39. The third-order valence-corrected chi connectivity index (χ3v) is 3.40. The first-order chi connectivity index (χ1) is 8.15. The highest BCUT2D eigenvalue weighted by molar-refractivity contribution is 9.10. The molecule has 1 fully saturated rings. The summed E-state index contributed by atoms with van der Waals surface area (Å²) in [5, 5.41) is 8.72. The van der Waals surface area contributed by atoms with Crippen LogP contribution in [0.15, 0.2) is 28.7 Å². The van der Waals surface area contributed by atoms with E-state index in [-0.39, 0.29) is 6.54 Å². The summed E-state index contributed by atoms with van der Waals surface area (Å²) >= 11 is 3.46. The SMILES string of the molecule is O=C(O)CN1CCN(c2cccc(Br)c2)CC1. The van der Waals surface area contributed by atoms with Crippen molar-refractivity contribution >= 4 is 27.6 Å². The fraction of sp³-hybridized carbons (Fsp3) is 0.417. The number of benzene rings is 1. The third-order valence-electron chi connectivity index (χ3n) is 2.90. The van der Waals surface area contributed by atoms with E-state index in [2.05, 4.69) is 33.0 Å². The smallest absolute Gasteiger partial charge is 0.317 e. The predicted octanol–water partition coefficient (Wildman–Crippen LogP) is 1.66. The maximum absolute atomic E-state index is 10.6. The number of anilines is 1. The quantitative estimate of drug-likeness (QED) is 0.922. The summed E-state index contributed by atoms with van der Waals surface area (Å²) in [6.45, 7) is 3.51. The Morgan fingerprint density at radius 1 is 1.29 bits per heavy atom. The van der Waals surface area contributed by atoms with Gasteiger partial charge in [-0.1, -0.05) is 22.0 Å². The van der Waals surface area contributed by atoms with Crippen LogP contribution in [0.4, 0.5) is 5.69 Å². The molecule has 0 saturated carbocycles. The van der Waals surface area contributed by atoms with E-state index in [4.69, 9.17) is 5.11 Å². The van der Waals surface area contributed by atoms with Gasteiger partial charge < -0.3 is 10.0 Å². The lowest BCUT2D eigenvalue weighted by atomic mass is 10.2. The average molecular weight is 299 g/mol. The van der Waals surface area contributed by atoms with Crippen LogP contribution >= 0.6 is 15.9 Å². The molecule has 5 heteroatoms. The second kappa shape index (κ2) is 5.51. The number of hydrogen-bond donors (Lipinski definition) is 1. The number of hydrogen-bond acceptors (Lipinski definition) is 3. The van der Waals surface area contributed by atoms with Crippen molar-refractivity contribution in [1.82, 2.24) is 4.90 Å². The van der Waals surface area contributed by atoms with Crippen molar-refractivity contribution in [2.75, 3.05) is 37.6 Å². The Balaban J connectivity index is 1.93. The van der Waals surface area contributed by atoms with Crippen LogP contribution in [-0.2, 0) is 4.79 Å². The Morgan fingerprint density at radius 3 is 2.59 bits per heavy atom. The van der Waals surface area contributed by atoms with Crippen LogP contribution in [0.2, 0.25) is 0 Å².